The molecule has 0 atom stereocenters. The molecular weight excluding hydrogens is 287 g/mol. The van der Waals surface area contributed by atoms with E-state index in [0.29, 0.717) is 16.5 Å². The van der Waals surface area contributed by atoms with Crippen LogP contribution >= 0.6 is 23.2 Å². The van der Waals surface area contributed by atoms with Gasteiger partial charge in [0.1, 0.15) is 16.5 Å². The third kappa shape index (κ3) is 2.92. The number of carbonyl (C=O) groups is 1. The Labute approximate surface area is 119 Å². The van der Waals surface area contributed by atoms with Crippen molar-refractivity contribution in [1.29, 1.82) is 0 Å². The highest BCUT2D eigenvalue weighted by atomic mass is 35.5. The van der Waals surface area contributed by atoms with E-state index in [0.717, 1.165) is 0 Å². The van der Waals surface area contributed by atoms with Gasteiger partial charge in [0.25, 0.3) is 5.91 Å². The molecule has 0 aliphatic carbocycles. The predicted molar refractivity (Wildman–Crippen MR) is 75.9 cm³/mol. The van der Waals surface area contributed by atoms with Crippen LogP contribution in [-0.2, 0) is 0 Å². The van der Waals surface area contributed by atoms with Crippen LogP contribution in [0.5, 0.6) is 11.5 Å². The average Bonchev–Trinajstić information content (AvgIpc) is 2.35. The van der Waals surface area contributed by atoms with Crippen LogP contribution in [0.4, 0.5) is 5.69 Å². The molecule has 2 aromatic carbocycles. The van der Waals surface area contributed by atoms with E-state index in [1.807, 2.05) is 0 Å². The van der Waals surface area contributed by atoms with Gasteiger partial charge in [-0.2, -0.15) is 0 Å². The minimum atomic E-state index is -0.617. The minimum Gasteiger partial charge on any atom is -0.455 e. The highest BCUT2D eigenvalue weighted by Crippen LogP contribution is 2.36. The monoisotopic (exact) mass is 296 g/mol. The lowest BCUT2D eigenvalue weighted by molar-refractivity contribution is 0.0998. The number of nitrogens with two attached hydrogens (primary N) is 2. The molecule has 6 heteroatoms. The van der Waals surface area contributed by atoms with Gasteiger partial charge in [0.15, 0.2) is 0 Å². The second kappa shape index (κ2) is 5.38. The Hall–Kier alpha value is -1.91. The van der Waals surface area contributed by atoms with Crippen LogP contribution < -0.4 is 16.2 Å². The first kappa shape index (κ1) is 13.5. The third-order valence-electron chi connectivity index (χ3n) is 2.41. The predicted octanol–water partition coefficient (Wildman–Crippen LogP) is 3.47. The molecule has 0 bridgehead atoms. The van der Waals surface area contributed by atoms with Crippen molar-refractivity contribution in [3.05, 3.63) is 52.0 Å². The van der Waals surface area contributed by atoms with Gasteiger partial charge in [0.2, 0.25) is 0 Å². The lowest BCUT2D eigenvalue weighted by Gasteiger charge is -2.11. The van der Waals surface area contributed by atoms with Crippen LogP contribution in [0.2, 0.25) is 10.0 Å². The Kier molecular flexibility index (Phi) is 3.83. The van der Waals surface area contributed by atoms with Crippen molar-refractivity contribution in [3.8, 4) is 11.5 Å². The van der Waals surface area contributed by atoms with Crippen molar-refractivity contribution >= 4 is 34.8 Å². The van der Waals surface area contributed by atoms with Gasteiger partial charge in [-0.1, -0.05) is 29.3 Å². The lowest BCUT2D eigenvalue weighted by atomic mass is 10.1. The Balaban J connectivity index is 2.45. The van der Waals surface area contributed by atoms with E-state index in [-0.39, 0.29) is 16.3 Å². The molecule has 0 spiro atoms. The van der Waals surface area contributed by atoms with Crippen molar-refractivity contribution in [3.63, 3.8) is 0 Å². The molecule has 0 heterocycles. The van der Waals surface area contributed by atoms with Gasteiger partial charge >= 0.3 is 0 Å². The summed E-state index contributed by atoms with van der Waals surface area (Å²) in [7, 11) is 0. The summed E-state index contributed by atoms with van der Waals surface area (Å²) in [6.07, 6.45) is 0. The Morgan fingerprint density at radius 2 is 1.84 bits per heavy atom. The number of halogens is 2. The van der Waals surface area contributed by atoms with Crippen LogP contribution in [0.1, 0.15) is 10.4 Å². The zero-order valence-electron chi connectivity index (χ0n) is 9.69. The van der Waals surface area contributed by atoms with Crippen molar-refractivity contribution in [1.82, 2.24) is 0 Å². The molecule has 0 aliphatic heterocycles. The summed E-state index contributed by atoms with van der Waals surface area (Å²) in [6, 6.07) is 9.49. The molecule has 2 rings (SSSR count). The second-order valence-corrected chi connectivity index (χ2v) is 4.56. The van der Waals surface area contributed by atoms with E-state index in [1.165, 1.54) is 12.1 Å². The molecule has 1 amide bonds. The smallest absolute Gasteiger partial charge is 0.252 e. The van der Waals surface area contributed by atoms with Crippen LogP contribution in [-0.4, -0.2) is 5.91 Å². The molecule has 0 aliphatic rings. The number of carbonyl (C=O) groups excluding carboxylic acids is 1. The Morgan fingerprint density at radius 1 is 1.11 bits per heavy atom. The molecule has 0 unspecified atom stereocenters. The number of rotatable bonds is 3. The SMILES string of the molecule is NC(=O)c1ccc(N)cc1Oc1cccc(Cl)c1Cl. The molecule has 2 aromatic rings. The number of benzene rings is 2. The summed E-state index contributed by atoms with van der Waals surface area (Å²) in [6.45, 7) is 0. The maximum Gasteiger partial charge on any atom is 0.252 e. The topological polar surface area (TPSA) is 78.3 Å². The highest BCUT2D eigenvalue weighted by molar-refractivity contribution is 6.42. The highest BCUT2D eigenvalue weighted by Gasteiger charge is 2.13. The van der Waals surface area contributed by atoms with Gasteiger partial charge in [-0.05, 0) is 24.3 Å². The molecule has 0 radical (unpaired) electrons. The zero-order chi connectivity index (χ0) is 14.0. The standard InChI is InChI=1S/C13H10Cl2N2O2/c14-9-2-1-3-10(12(9)15)19-11-6-7(16)4-5-8(11)13(17)18/h1-6H,16H2,(H2,17,18). The second-order valence-electron chi connectivity index (χ2n) is 3.77. The maximum absolute atomic E-state index is 11.3. The molecular formula is C13H10Cl2N2O2. The van der Waals surface area contributed by atoms with E-state index in [1.54, 1.807) is 24.3 Å². The van der Waals surface area contributed by atoms with Crippen LogP contribution in [0, 0.1) is 0 Å². The fourth-order valence-corrected chi connectivity index (χ4v) is 1.84. The van der Waals surface area contributed by atoms with Crippen molar-refractivity contribution in [2.45, 2.75) is 0 Å². The van der Waals surface area contributed by atoms with E-state index in [9.17, 15) is 4.79 Å². The normalized spacial score (nSPS) is 10.2. The van der Waals surface area contributed by atoms with Gasteiger partial charge in [-0.15, -0.1) is 0 Å². The third-order valence-corrected chi connectivity index (χ3v) is 3.21. The van der Waals surface area contributed by atoms with Crippen molar-refractivity contribution < 1.29 is 9.53 Å². The molecule has 0 saturated carbocycles. The molecule has 0 saturated heterocycles. The summed E-state index contributed by atoms with van der Waals surface area (Å²) in [5.74, 6) is -0.0629. The number of hydrogen-bond donors (Lipinski definition) is 2. The van der Waals surface area contributed by atoms with Crippen molar-refractivity contribution in [2.24, 2.45) is 5.73 Å². The maximum atomic E-state index is 11.3. The summed E-state index contributed by atoms with van der Waals surface area (Å²) in [5.41, 5.74) is 11.6. The number of amides is 1. The first-order valence-electron chi connectivity index (χ1n) is 5.30. The quantitative estimate of drug-likeness (QED) is 0.851. The average molecular weight is 297 g/mol. The molecule has 4 nitrogen and oxygen atoms in total. The van der Waals surface area contributed by atoms with E-state index >= 15 is 0 Å². The number of hydrogen-bond acceptors (Lipinski definition) is 3. The Morgan fingerprint density at radius 3 is 2.53 bits per heavy atom. The van der Waals surface area contributed by atoms with E-state index in [2.05, 4.69) is 0 Å². The first-order valence-corrected chi connectivity index (χ1v) is 6.06. The first-order chi connectivity index (χ1) is 8.99. The van der Waals surface area contributed by atoms with Crippen LogP contribution in [0.15, 0.2) is 36.4 Å². The van der Waals surface area contributed by atoms with Crippen LogP contribution in [0.3, 0.4) is 0 Å². The number of nitrogen functional groups attached to an aromatic ring is 1. The fourth-order valence-electron chi connectivity index (χ4n) is 1.51. The summed E-state index contributed by atoms with van der Waals surface area (Å²) in [4.78, 5) is 11.3. The van der Waals surface area contributed by atoms with Gasteiger partial charge in [0.05, 0.1) is 10.6 Å². The molecule has 0 aromatic heterocycles. The van der Waals surface area contributed by atoms with Gasteiger partial charge in [0, 0.05) is 11.8 Å². The van der Waals surface area contributed by atoms with Gasteiger partial charge in [-0.3, -0.25) is 4.79 Å². The summed E-state index contributed by atoms with van der Waals surface area (Å²) >= 11 is 11.9. The van der Waals surface area contributed by atoms with Gasteiger partial charge in [-0.25, -0.2) is 0 Å². The molecule has 4 N–H and O–H groups in total. The molecule has 0 fully saturated rings. The van der Waals surface area contributed by atoms with E-state index in [4.69, 9.17) is 39.4 Å². The van der Waals surface area contributed by atoms with Crippen LogP contribution in [0.25, 0.3) is 0 Å². The largest absolute Gasteiger partial charge is 0.455 e. The number of ether oxygens (including phenoxy) is 1. The number of anilines is 1. The Bertz CT molecular complexity index is 645. The van der Waals surface area contributed by atoms with E-state index < -0.39 is 5.91 Å². The fraction of sp³-hybridized carbons (Fsp3) is 0. The summed E-state index contributed by atoms with van der Waals surface area (Å²) in [5, 5.41) is 0.603. The zero-order valence-corrected chi connectivity index (χ0v) is 11.2. The van der Waals surface area contributed by atoms with Crippen molar-refractivity contribution in [2.75, 3.05) is 5.73 Å². The lowest BCUT2D eigenvalue weighted by Crippen LogP contribution is -2.12. The minimum absolute atomic E-state index is 0.213. The number of primary amides is 1. The summed E-state index contributed by atoms with van der Waals surface area (Å²) < 4.78 is 5.57. The van der Waals surface area contributed by atoms with Gasteiger partial charge < -0.3 is 16.2 Å². The molecule has 19 heavy (non-hydrogen) atoms. The molecule has 98 valence electrons.